The number of fused-ring (bicyclic) bond motifs is 1. The van der Waals surface area contributed by atoms with Crippen LogP contribution in [-0.4, -0.2) is 23.1 Å². The molecule has 24 heavy (non-hydrogen) atoms. The minimum Gasteiger partial charge on any atom is -0.376 e. The van der Waals surface area contributed by atoms with Crippen molar-refractivity contribution in [1.29, 1.82) is 0 Å². The Bertz CT molecular complexity index is 892. The molecule has 0 saturated carbocycles. The van der Waals surface area contributed by atoms with Gasteiger partial charge in [-0.2, -0.15) is 8.42 Å². The highest BCUT2D eigenvalue weighted by Crippen LogP contribution is 2.24. The molecular formula is C15H15N3O3S3. The lowest BCUT2D eigenvalue weighted by Crippen LogP contribution is -2.28. The average Bonchev–Trinajstić information content (AvgIpc) is 2.99. The van der Waals surface area contributed by atoms with Crippen LogP contribution >= 0.6 is 23.6 Å². The summed E-state index contributed by atoms with van der Waals surface area (Å²) in [5.41, 5.74) is 7.02. The van der Waals surface area contributed by atoms with Crippen molar-refractivity contribution in [2.45, 2.75) is 10.9 Å². The zero-order valence-corrected chi connectivity index (χ0v) is 14.9. The van der Waals surface area contributed by atoms with Crippen LogP contribution in [0.3, 0.4) is 0 Å². The molecule has 0 unspecified atom stereocenters. The zero-order valence-electron chi connectivity index (χ0n) is 12.4. The first-order valence-corrected chi connectivity index (χ1v) is 9.43. The Hall–Kier alpha value is -2.07. The standard InChI is InChI=1S/C8H10N2S.C7H5NO3S2/c9-8(11)10-6-7-4-2-1-3-5-7;9-13(10,11)7-8-5-3-1-2-4-6(5)12-7/h1-5H,6H2,(H3,9,10,11);1-4H,(H,9,10,11). The topological polar surface area (TPSA) is 105 Å². The van der Waals surface area contributed by atoms with Gasteiger partial charge in [0.1, 0.15) is 0 Å². The Balaban J connectivity index is 0.000000177. The van der Waals surface area contributed by atoms with Crippen molar-refractivity contribution in [3.05, 3.63) is 60.2 Å². The maximum atomic E-state index is 10.7. The highest BCUT2D eigenvalue weighted by atomic mass is 32.3. The summed E-state index contributed by atoms with van der Waals surface area (Å²) in [4.78, 5) is 3.76. The molecule has 0 aliphatic carbocycles. The van der Waals surface area contributed by atoms with Gasteiger partial charge in [0.2, 0.25) is 4.34 Å². The van der Waals surface area contributed by atoms with Crippen molar-refractivity contribution in [3.63, 3.8) is 0 Å². The molecule has 0 spiro atoms. The molecule has 0 aliphatic rings. The Morgan fingerprint density at radius 2 is 1.79 bits per heavy atom. The molecule has 9 heteroatoms. The van der Waals surface area contributed by atoms with Crippen LogP contribution in [-0.2, 0) is 16.7 Å². The van der Waals surface area contributed by atoms with Crippen LogP contribution < -0.4 is 11.1 Å². The lowest BCUT2D eigenvalue weighted by molar-refractivity contribution is 0.482. The summed E-state index contributed by atoms with van der Waals surface area (Å²) in [6.07, 6.45) is 0. The first kappa shape index (κ1) is 18.3. The monoisotopic (exact) mass is 381 g/mol. The van der Waals surface area contributed by atoms with Crippen molar-refractivity contribution in [1.82, 2.24) is 10.3 Å². The molecule has 1 heterocycles. The van der Waals surface area contributed by atoms with E-state index in [1.54, 1.807) is 24.3 Å². The third-order valence-corrected chi connectivity index (χ3v) is 5.19. The van der Waals surface area contributed by atoms with E-state index in [2.05, 4.69) is 22.5 Å². The van der Waals surface area contributed by atoms with Gasteiger partial charge in [-0.3, -0.25) is 4.55 Å². The number of para-hydroxylation sites is 1. The first-order chi connectivity index (χ1) is 11.4. The van der Waals surface area contributed by atoms with E-state index in [0.29, 0.717) is 17.2 Å². The van der Waals surface area contributed by atoms with Crippen molar-refractivity contribution in [2.75, 3.05) is 0 Å². The normalized spacial score (nSPS) is 10.7. The Morgan fingerprint density at radius 1 is 1.17 bits per heavy atom. The number of hydrogen-bond donors (Lipinski definition) is 3. The van der Waals surface area contributed by atoms with Gasteiger partial charge in [-0.15, -0.1) is 11.3 Å². The van der Waals surface area contributed by atoms with Crippen LogP contribution in [0.5, 0.6) is 0 Å². The lowest BCUT2D eigenvalue weighted by Gasteiger charge is -2.02. The third-order valence-electron chi connectivity index (χ3n) is 2.80. The number of nitrogens with zero attached hydrogens (tertiary/aromatic N) is 1. The number of thiazole rings is 1. The largest absolute Gasteiger partial charge is 0.376 e. The molecule has 0 aliphatic heterocycles. The Morgan fingerprint density at radius 3 is 2.38 bits per heavy atom. The van der Waals surface area contributed by atoms with E-state index >= 15 is 0 Å². The molecule has 4 N–H and O–H groups in total. The van der Waals surface area contributed by atoms with Crippen LogP contribution in [0.4, 0.5) is 0 Å². The highest BCUT2D eigenvalue weighted by molar-refractivity contribution is 7.88. The fourth-order valence-electron chi connectivity index (χ4n) is 1.75. The Kier molecular flexibility index (Phi) is 6.21. The summed E-state index contributed by atoms with van der Waals surface area (Å²) < 4.78 is 30.6. The predicted molar refractivity (Wildman–Crippen MR) is 99.5 cm³/mol. The molecule has 0 bridgehead atoms. The number of nitrogens with one attached hydrogen (secondary N) is 1. The molecule has 3 aromatic rings. The zero-order chi connectivity index (χ0) is 17.6. The van der Waals surface area contributed by atoms with Crippen LogP contribution in [0.15, 0.2) is 58.9 Å². The maximum Gasteiger partial charge on any atom is 0.322 e. The Labute approximate surface area is 149 Å². The molecule has 2 aromatic carbocycles. The number of thiocarbonyl (C=S) groups is 1. The molecule has 1 aromatic heterocycles. The van der Waals surface area contributed by atoms with Crippen molar-refractivity contribution in [3.8, 4) is 0 Å². The third kappa shape index (κ3) is 5.53. The molecule has 6 nitrogen and oxygen atoms in total. The van der Waals surface area contributed by atoms with Crippen LogP contribution in [0.2, 0.25) is 0 Å². The van der Waals surface area contributed by atoms with Gasteiger partial charge < -0.3 is 11.1 Å². The van der Waals surface area contributed by atoms with E-state index < -0.39 is 10.1 Å². The van der Waals surface area contributed by atoms with Crippen LogP contribution in [0.1, 0.15) is 5.56 Å². The minimum atomic E-state index is -4.16. The second kappa shape index (κ2) is 8.15. The number of rotatable bonds is 3. The number of nitrogens with two attached hydrogens (primary N) is 1. The van der Waals surface area contributed by atoms with E-state index in [4.69, 9.17) is 10.3 Å². The summed E-state index contributed by atoms with van der Waals surface area (Å²) in [6, 6.07) is 17.0. The smallest absolute Gasteiger partial charge is 0.322 e. The molecule has 126 valence electrons. The summed E-state index contributed by atoms with van der Waals surface area (Å²) >= 11 is 5.62. The summed E-state index contributed by atoms with van der Waals surface area (Å²) in [5, 5.41) is 3.21. The fourth-order valence-corrected chi connectivity index (χ4v) is 3.42. The van der Waals surface area contributed by atoms with Gasteiger partial charge in [-0.05, 0) is 29.9 Å². The molecule has 0 atom stereocenters. The molecule has 0 fully saturated rings. The van der Waals surface area contributed by atoms with Crippen LogP contribution in [0.25, 0.3) is 10.2 Å². The predicted octanol–water partition coefficient (Wildman–Crippen LogP) is 2.56. The van der Waals surface area contributed by atoms with E-state index in [-0.39, 0.29) is 4.34 Å². The molecule has 0 radical (unpaired) electrons. The van der Waals surface area contributed by atoms with E-state index in [9.17, 15) is 8.42 Å². The van der Waals surface area contributed by atoms with Crippen molar-refractivity contribution < 1.29 is 13.0 Å². The summed E-state index contributed by atoms with van der Waals surface area (Å²) in [5.74, 6) is 0. The molecule has 0 amide bonds. The average molecular weight is 382 g/mol. The highest BCUT2D eigenvalue weighted by Gasteiger charge is 2.15. The maximum absolute atomic E-state index is 10.7. The minimum absolute atomic E-state index is 0.256. The van der Waals surface area contributed by atoms with E-state index in [1.807, 2.05) is 30.3 Å². The number of benzene rings is 2. The first-order valence-electron chi connectivity index (χ1n) is 6.76. The second-order valence-electron chi connectivity index (χ2n) is 4.63. The summed E-state index contributed by atoms with van der Waals surface area (Å²) in [6.45, 7) is 0.705. The van der Waals surface area contributed by atoms with Gasteiger partial charge in [0, 0.05) is 6.54 Å². The lowest BCUT2D eigenvalue weighted by atomic mass is 10.2. The van der Waals surface area contributed by atoms with Crippen molar-refractivity contribution in [2.24, 2.45) is 5.73 Å². The van der Waals surface area contributed by atoms with E-state index in [0.717, 1.165) is 16.0 Å². The van der Waals surface area contributed by atoms with Crippen molar-refractivity contribution >= 4 is 49.0 Å². The SMILES string of the molecule is NC(=S)NCc1ccccc1.O=S(=O)(O)c1nc2ccccc2s1. The molecular weight excluding hydrogens is 366 g/mol. The van der Waals surface area contributed by atoms with Gasteiger partial charge in [0.25, 0.3) is 0 Å². The second-order valence-corrected chi connectivity index (χ2v) is 7.69. The van der Waals surface area contributed by atoms with Gasteiger partial charge in [0.05, 0.1) is 10.2 Å². The quantitative estimate of drug-likeness (QED) is 0.473. The van der Waals surface area contributed by atoms with Gasteiger partial charge in [-0.1, -0.05) is 42.5 Å². The fraction of sp³-hybridized carbons (Fsp3) is 0.0667. The van der Waals surface area contributed by atoms with Gasteiger partial charge in [0.15, 0.2) is 5.11 Å². The van der Waals surface area contributed by atoms with Gasteiger partial charge in [-0.25, -0.2) is 4.98 Å². The summed E-state index contributed by atoms with van der Waals surface area (Å²) in [7, 11) is -4.16. The number of aromatic nitrogens is 1. The van der Waals surface area contributed by atoms with E-state index in [1.165, 1.54) is 5.56 Å². The molecule has 3 rings (SSSR count). The number of hydrogen-bond acceptors (Lipinski definition) is 5. The van der Waals surface area contributed by atoms with Crippen LogP contribution in [0, 0.1) is 0 Å². The van der Waals surface area contributed by atoms with Gasteiger partial charge >= 0.3 is 10.1 Å². The molecule has 0 saturated heterocycles.